The molecular weight excluding hydrogens is 348 g/mol. The van der Waals surface area contributed by atoms with E-state index in [1.165, 1.54) is 0 Å². The lowest BCUT2D eigenvalue weighted by molar-refractivity contribution is -0.110. The number of fused-ring (bicyclic) bond motifs is 1. The van der Waals surface area contributed by atoms with E-state index in [2.05, 4.69) is 10.3 Å². The summed E-state index contributed by atoms with van der Waals surface area (Å²) in [5.41, 5.74) is 3.82. The summed E-state index contributed by atoms with van der Waals surface area (Å²) in [6.45, 7) is 1.99. The Hall–Kier alpha value is -3.11. The van der Waals surface area contributed by atoms with Crippen molar-refractivity contribution in [3.05, 3.63) is 82.9 Å². The van der Waals surface area contributed by atoms with E-state index in [0.29, 0.717) is 27.9 Å². The summed E-state index contributed by atoms with van der Waals surface area (Å²) in [5.74, 6) is 1.20. The molecule has 0 bridgehead atoms. The molecule has 128 valence electrons. The number of halogens is 1. The highest BCUT2D eigenvalue weighted by molar-refractivity contribution is 6.54. The molecule has 1 amide bonds. The van der Waals surface area contributed by atoms with Crippen LogP contribution in [0, 0.1) is 6.92 Å². The fourth-order valence-electron chi connectivity index (χ4n) is 2.73. The van der Waals surface area contributed by atoms with Crippen molar-refractivity contribution in [2.75, 3.05) is 5.32 Å². The number of nitrogens with zero attached hydrogens (tertiary/aromatic N) is 1. The van der Waals surface area contributed by atoms with Gasteiger partial charge in [0, 0.05) is 10.6 Å². The second kappa shape index (κ2) is 6.65. The first kappa shape index (κ1) is 16.4. The standard InChI is InChI=1S/C21H15ClN2O2/c1-13-2-11-19-18(12-13)20(21(25)24-19)23-15-5-9-17(10-6-15)26-16-7-3-14(22)4-8-16/h2-12H,1H3,(H,23,24,25). The maximum atomic E-state index is 12.2. The van der Waals surface area contributed by atoms with Crippen molar-refractivity contribution in [2.24, 2.45) is 4.99 Å². The van der Waals surface area contributed by atoms with Crippen molar-refractivity contribution in [3.63, 3.8) is 0 Å². The van der Waals surface area contributed by atoms with Gasteiger partial charge in [-0.1, -0.05) is 23.2 Å². The molecule has 3 aromatic rings. The first-order valence-electron chi connectivity index (χ1n) is 8.13. The SMILES string of the molecule is Cc1ccc2c(c1)C(=Nc1ccc(Oc3ccc(Cl)cc3)cc1)C(=O)N2. The first-order chi connectivity index (χ1) is 12.6. The molecule has 1 aliphatic rings. The van der Waals surface area contributed by atoms with E-state index in [1.807, 2.05) is 49.4 Å². The van der Waals surface area contributed by atoms with Crippen molar-refractivity contribution < 1.29 is 9.53 Å². The highest BCUT2D eigenvalue weighted by Gasteiger charge is 2.25. The number of aliphatic imine (C=N–C) groups is 1. The maximum Gasteiger partial charge on any atom is 0.275 e. The summed E-state index contributed by atoms with van der Waals surface area (Å²) in [4.78, 5) is 16.7. The van der Waals surface area contributed by atoms with Gasteiger partial charge in [-0.15, -0.1) is 0 Å². The van der Waals surface area contributed by atoms with Crippen LogP contribution in [0.5, 0.6) is 11.5 Å². The number of rotatable bonds is 3. The highest BCUT2D eigenvalue weighted by Crippen LogP contribution is 2.28. The van der Waals surface area contributed by atoms with Crippen LogP contribution in [0.4, 0.5) is 11.4 Å². The molecule has 0 saturated carbocycles. The fraction of sp³-hybridized carbons (Fsp3) is 0.0476. The molecule has 1 aliphatic heterocycles. The van der Waals surface area contributed by atoms with E-state index in [0.717, 1.165) is 16.8 Å². The number of aryl methyl sites for hydroxylation is 1. The first-order valence-corrected chi connectivity index (χ1v) is 8.51. The Balaban J connectivity index is 1.58. The molecule has 26 heavy (non-hydrogen) atoms. The number of anilines is 1. The molecule has 5 heteroatoms. The second-order valence-corrected chi connectivity index (χ2v) is 6.45. The molecule has 0 aliphatic carbocycles. The Morgan fingerprint density at radius 1 is 0.923 bits per heavy atom. The zero-order valence-electron chi connectivity index (χ0n) is 14.0. The van der Waals surface area contributed by atoms with Crippen LogP contribution in [-0.4, -0.2) is 11.6 Å². The van der Waals surface area contributed by atoms with Crippen molar-refractivity contribution in [1.82, 2.24) is 0 Å². The number of hydrogen-bond acceptors (Lipinski definition) is 3. The lowest BCUT2D eigenvalue weighted by Crippen LogP contribution is -2.13. The van der Waals surface area contributed by atoms with Gasteiger partial charge in [0.05, 0.1) is 11.4 Å². The van der Waals surface area contributed by atoms with Gasteiger partial charge in [-0.3, -0.25) is 4.79 Å². The number of carbonyl (C=O) groups excluding carboxylic acids is 1. The van der Waals surface area contributed by atoms with Crippen molar-refractivity contribution in [3.8, 4) is 11.5 Å². The maximum absolute atomic E-state index is 12.2. The summed E-state index contributed by atoms with van der Waals surface area (Å²) in [5, 5.41) is 3.50. The third kappa shape index (κ3) is 3.32. The number of hydrogen-bond donors (Lipinski definition) is 1. The number of carbonyl (C=O) groups is 1. The summed E-state index contributed by atoms with van der Waals surface area (Å²) in [7, 11) is 0. The molecule has 0 fully saturated rings. The lowest BCUT2D eigenvalue weighted by atomic mass is 10.1. The van der Waals surface area contributed by atoms with Crippen LogP contribution in [0.15, 0.2) is 71.7 Å². The van der Waals surface area contributed by atoms with Crippen molar-refractivity contribution in [1.29, 1.82) is 0 Å². The zero-order chi connectivity index (χ0) is 18.1. The van der Waals surface area contributed by atoms with Gasteiger partial charge in [-0.2, -0.15) is 0 Å². The second-order valence-electron chi connectivity index (χ2n) is 6.01. The molecule has 0 aromatic heterocycles. The molecule has 0 spiro atoms. The third-order valence-corrected chi connectivity index (χ3v) is 4.27. The minimum atomic E-state index is -0.188. The molecule has 1 N–H and O–H groups in total. The fourth-order valence-corrected chi connectivity index (χ4v) is 2.86. The quantitative estimate of drug-likeness (QED) is 0.667. The molecule has 4 nitrogen and oxygen atoms in total. The van der Waals surface area contributed by atoms with Gasteiger partial charge in [0.2, 0.25) is 0 Å². The average Bonchev–Trinajstić information content (AvgIpc) is 2.94. The van der Waals surface area contributed by atoms with Crippen LogP contribution in [0.2, 0.25) is 5.02 Å². The van der Waals surface area contributed by atoms with Crippen molar-refractivity contribution in [2.45, 2.75) is 6.92 Å². The molecule has 4 rings (SSSR count). The van der Waals surface area contributed by atoms with E-state index in [-0.39, 0.29) is 5.91 Å². The molecule has 0 unspecified atom stereocenters. The molecule has 1 heterocycles. The Morgan fingerprint density at radius 2 is 1.58 bits per heavy atom. The van der Waals surface area contributed by atoms with E-state index in [9.17, 15) is 4.79 Å². The summed E-state index contributed by atoms with van der Waals surface area (Å²) in [6.07, 6.45) is 0. The van der Waals surface area contributed by atoms with Gasteiger partial charge in [0.1, 0.15) is 17.2 Å². The van der Waals surface area contributed by atoms with Gasteiger partial charge >= 0.3 is 0 Å². The Morgan fingerprint density at radius 3 is 2.27 bits per heavy atom. The Kier molecular flexibility index (Phi) is 4.19. The predicted octanol–water partition coefficient (Wildman–Crippen LogP) is 5.51. The van der Waals surface area contributed by atoms with E-state index in [4.69, 9.17) is 16.3 Å². The van der Waals surface area contributed by atoms with Crippen LogP contribution >= 0.6 is 11.6 Å². The Bertz CT molecular complexity index is 1010. The van der Waals surface area contributed by atoms with Crippen LogP contribution in [-0.2, 0) is 4.79 Å². The lowest BCUT2D eigenvalue weighted by Gasteiger charge is -2.06. The predicted molar refractivity (Wildman–Crippen MR) is 104 cm³/mol. The topological polar surface area (TPSA) is 50.7 Å². The van der Waals surface area contributed by atoms with Crippen LogP contribution < -0.4 is 10.1 Å². The van der Waals surface area contributed by atoms with Gasteiger partial charge in [0.15, 0.2) is 0 Å². The number of benzene rings is 3. The Labute approximate surface area is 156 Å². The highest BCUT2D eigenvalue weighted by atomic mass is 35.5. The van der Waals surface area contributed by atoms with E-state index in [1.54, 1.807) is 24.3 Å². The van der Waals surface area contributed by atoms with Crippen molar-refractivity contribution >= 4 is 34.6 Å². The number of nitrogens with one attached hydrogen (secondary N) is 1. The molecule has 0 atom stereocenters. The zero-order valence-corrected chi connectivity index (χ0v) is 14.7. The molecule has 3 aromatic carbocycles. The summed E-state index contributed by atoms with van der Waals surface area (Å²) >= 11 is 5.87. The minimum absolute atomic E-state index is 0.188. The average molecular weight is 363 g/mol. The number of amides is 1. The van der Waals surface area contributed by atoms with Gasteiger partial charge in [-0.05, 0) is 67.6 Å². The van der Waals surface area contributed by atoms with Gasteiger partial charge in [-0.25, -0.2) is 4.99 Å². The molecule has 0 saturated heterocycles. The van der Waals surface area contributed by atoms with E-state index >= 15 is 0 Å². The summed E-state index contributed by atoms with van der Waals surface area (Å²) < 4.78 is 5.77. The van der Waals surface area contributed by atoms with Crippen LogP contribution in [0.25, 0.3) is 0 Å². The van der Waals surface area contributed by atoms with Crippen LogP contribution in [0.1, 0.15) is 11.1 Å². The smallest absolute Gasteiger partial charge is 0.275 e. The number of ether oxygens (including phenoxy) is 1. The largest absolute Gasteiger partial charge is 0.457 e. The monoisotopic (exact) mass is 362 g/mol. The third-order valence-electron chi connectivity index (χ3n) is 4.02. The molecule has 0 radical (unpaired) electrons. The van der Waals surface area contributed by atoms with Gasteiger partial charge < -0.3 is 10.1 Å². The minimum Gasteiger partial charge on any atom is -0.457 e. The van der Waals surface area contributed by atoms with Gasteiger partial charge in [0.25, 0.3) is 5.91 Å². The molecular formula is C21H15ClN2O2. The van der Waals surface area contributed by atoms with Crippen LogP contribution in [0.3, 0.4) is 0 Å². The normalized spacial score (nSPS) is 14.2. The van der Waals surface area contributed by atoms with E-state index < -0.39 is 0 Å². The summed E-state index contributed by atoms with van der Waals surface area (Å²) in [6, 6.07) is 20.2.